The number of imidazole rings is 1. The van der Waals surface area contributed by atoms with Gasteiger partial charge in [-0.3, -0.25) is 0 Å². The van der Waals surface area contributed by atoms with Gasteiger partial charge < -0.3 is 13.7 Å². The van der Waals surface area contributed by atoms with E-state index < -0.39 is 11.3 Å². The molecule has 0 N–H and O–H groups in total. The number of aryl methyl sites for hydroxylation is 1. The summed E-state index contributed by atoms with van der Waals surface area (Å²) in [5.41, 5.74) is -0.496. The molecule has 2 heterocycles. The number of benzene rings is 2. The number of rotatable bonds is 3. The normalized spacial score (nSPS) is 16.5. The maximum Gasteiger partial charge on any atom is 0.442 e. The van der Waals surface area contributed by atoms with Gasteiger partial charge in [-0.25, -0.2) is 9.59 Å². The van der Waals surface area contributed by atoms with Crippen LogP contribution >= 0.6 is 0 Å². The SMILES string of the molecule is O=c1oc2nc3c(n2oc1=O)CCC(COc1ccc2ccccc2c1)C3. The van der Waals surface area contributed by atoms with Crippen LogP contribution in [0.3, 0.4) is 0 Å². The van der Waals surface area contributed by atoms with E-state index in [1.165, 1.54) is 9.96 Å². The Balaban J connectivity index is 1.34. The second-order valence-corrected chi connectivity index (χ2v) is 6.78. The number of hydrogen-bond donors (Lipinski definition) is 0. The summed E-state index contributed by atoms with van der Waals surface area (Å²) in [4.78, 5) is 27.0. The van der Waals surface area contributed by atoms with Crippen molar-refractivity contribution < 1.29 is 13.7 Å². The molecular formula is C20H16N2O5. The lowest BCUT2D eigenvalue weighted by atomic mass is 9.90. The molecule has 1 unspecified atom stereocenters. The molecular weight excluding hydrogens is 348 g/mol. The molecule has 7 heteroatoms. The molecule has 0 saturated heterocycles. The van der Waals surface area contributed by atoms with Crippen LogP contribution in [0.15, 0.2) is 61.0 Å². The standard InChI is InChI=1S/C20H16N2O5/c23-18-19(24)27-22-17-8-5-12(9-16(17)21-20(22)26-18)11-25-15-7-6-13-3-1-2-4-14(13)10-15/h1-4,6-7,10,12H,5,8-9,11H2. The van der Waals surface area contributed by atoms with Gasteiger partial charge >= 0.3 is 17.1 Å². The molecule has 0 aliphatic heterocycles. The number of fused-ring (bicyclic) bond motifs is 4. The maximum absolute atomic E-state index is 11.4. The highest BCUT2D eigenvalue weighted by molar-refractivity contribution is 5.83. The predicted octanol–water partition coefficient (Wildman–Crippen LogP) is 2.58. The van der Waals surface area contributed by atoms with Crippen LogP contribution in [-0.2, 0) is 12.8 Å². The third-order valence-corrected chi connectivity index (χ3v) is 4.99. The van der Waals surface area contributed by atoms with Crippen LogP contribution in [0.5, 0.6) is 5.75 Å². The lowest BCUT2D eigenvalue weighted by Gasteiger charge is -2.21. The first kappa shape index (κ1) is 15.9. The van der Waals surface area contributed by atoms with Crippen molar-refractivity contribution in [1.82, 2.24) is 9.56 Å². The molecule has 0 bridgehead atoms. The number of hydrogen-bond acceptors (Lipinski definition) is 6. The Hall–Kier alpha value is -3.35. The Labute approximate surface area is 152 Å². The first-order chi connectivity index (χ1) is 13.2. The van der Waals surface area contributed by atoms with E-state index in [4.69, 9.17) is 13.7 Å². The summed E-state index contributed by atoms with van der Waals surface area (Å²) < 4.78 is 17.1. The van der Waals surface area contributed by atoms with Crippen molar-refractivity contribution in [3.63, 3.8) is 0 Å². The van der Waals surface area contributed by atoms with Gasteiger partial charge in [0.25, 0.3) is 0 Å². The Morgan fingerprint density at radius 1 is 1.11 bits per heavy atom. The molecule has 136 valence electrons. The van der Waals surface area contributed by atoms with Crippen molar-refractivity contribution in [2.45, 2.75) is 19.3 Å². The molecule has 1 aliphatic rings. The summed E-state index contributed by atoms with van der Waals surface area (Å²) in [5, 5.41) is 2.33. The highest BCUT2D eigenvalue weighted by Gasteiger charge is 2.26. The zero-order valence-corrected chi connectivity index (χ0v) is 14.4. The molecule has 2 aromatic carbocycles. The van der Waals surface area contributed by atoms with Gasteiger partial charge in [-0.05, 0) is 48.1 Å². The van der Waals surface area contributed by atoms with Crippen LogP contribution in [0, 0.1) is 5.92 Å². The molecule has 0 radical (unpaired) electrons. The largest absolute Gasteiger partial charge is 0.493 e. The van der Waals surface area contributed by atoms with Crippen molar-refractivity contribution in [3.8, 4) is 5.75 Å². The van der Waals surface area contributed by atoms with Crippen molar-refractivity contribution in [3.05, 3.63) is 74.7 Å². The van der Waals surface area contributed by atoms with Crippen LogP contribution in [-0.4, -0.2) is 16.2 Å². The minimum absolute atomic E-state index is 0.0284. The van der Waals surface area contributed by atoms with Crippen LogP contribution < -0.4 is 16.0 Å². The van der Waals surface area contributed by atoms with E-state index in [2.05, 4.69) is 23.2 Å². The fourth-order valence-electron chi connectivity index (χ4n) is 3.60. The Morgan fingerprint density at radius 2 is 1.96 bits per heavy atom. The van der Waals surface area contributed by atoms with Gasteiger partial charge in [-0.2, -0.15) is 4.98 Å². The second-order valence-electron chi connectivity index (χ2n) is 6.78. The highest BCUT2D eigenvalue weighted by atomic mass is 16.6. The number of aromatic nitrogens is 2. The summed E-state index contributed by atoms with van der Waals surface area (Å²) in [7, 11) is 0. The van der Waals surface area contributed by atoms with Crippen molar-refractivity contribution in [2.24, 2.45) is 5.92 Å². The monoisotopic (exact) mass is 364 g/mol. The van der Waals surface area contributed by atoms with Crippen LogP contribution in [0.25, 0.3) is 16.6 Å². The summed E-state index contributed by atoms with van der Waals surface area (Å²) >= 11 is 0. The van der Waals surface area contributed by atoms with Crippen molar-refractivity contribution >= 4 is 16.6 Å². The van der Waals surface area contributed by atoms with Gasteiger partial charge in [0.2, 0.25) is 0 Å². The average molecular weight is 364 g/mol. The first-order valence-corrected chi connectivity index (χ1v) is 8.84. The summed E-state index contributed by atoms with van der Waals surface area (Å²) in [6.45, 7) is 0.569. The Morgan fingerprint density at radius 3 is 2.85 bits per heavy atom. The van der Waals surface area contributed by atoms with Gasteiger partial charge in [0.05, 0.1) is 18.0 Å². The topological polar surface area (TPSA) is 87.0 Å². The Bertz CT molecular complexity index is 1270. The van der Waals surface area contributed by atoms with E-state index in [0.717, 1.165) is 28.9 Å². The predicted molar refractivity (Wildman–Crippen MR) is 97.2 cm³/mol. The molecule has 5 rings (SSSR count). The van der Waals surface area contributed by atoms with Gasteiger partial charge in [-0.15, -0.1) is 4.57 Å². The van der Waals surface area contributed by atoms with Crippen molar-refractivity contribution in [2.75, 3.05) is 6.61 Å². The van der Waals surface area contributed by atoms with Gasteiger partial charge in [0, 0.05) is 0 Å². The molecule has 0 saturated carbocycles. The zero-order valence-electron chi connectivity index (χ0n) is 14.4. The minimum Gasteiger partial charge on any atom is -0.493 e. The highest BCUT2D eigenvalue weighted by Crippen LogP contribution is 2.27. The van der Waals surface area contributed by atoms with Gasteiger partial charge in [0.1, 0.15) is 5.75 Å². The van der Waals surface area contributed by atoms with Crippen LogP contribution in [0.2, 0.25) is 0 Å². The maximum atomic E-state index is 11.4. The second kappa shape index (κ2) is 6.12. The summed E-state index contributed by atoms with van der Waals surface area (Å²) in [6, 6.07) is 14.2. The molecule has 1 aliphatic carbocycles. The van der Waals surface area contributed by atoms with E-state index in [0.29, 0.717) is 19.4 Å². The Kier molecular flexibility index (Phi) is 3.60. The molecule has 2 aromatic heterocycles. The summed E-state index contributed by atoms with van der Waals surface area (Å²) in [6.07, 6.45) is 2.23. The van der Waals surface area contributed by atoms with Crippen LogP contribution in [0.4, 0.5) is 0 Å². The molecule has 7 nitrogen and oxygen atoms in total. The van der Waals surface area contributed by atoms with E-state index in [9.17, 15) is 9.59 Å². The molecule has 0 fully saturated rings. The van der Waals surface area contributed by atoms with Crippen LogP contribution in [0.1, 0.15) is 17.8 Å². The lowest BCUT2D eigenvalue weighted by Crippen LogP contribution is -2.24. The fraction of sp³-hybridized carbons (Fsp3) is 0.250. The molecule has 4 aromatic rings. The third-order valence-electron chi connectivity index (χ3n) is 4.99. The minimum atomic E-state index is -1.04. The van der Waals surface area contributed by atoms with E-state index in [-0.39, 0.29) is 11.8 Å². The average Bonchev–Trinajstić information content (AvgIpc) is 3.03. The quantitative estimate of drug-likeness (QED) is 0.519. The van der Waals surface area contributed by atoms with E-state index in [1.807, 2.05) is 24.3 Å². The molecule has 0 spiro atoms. The van der Waals surface area contributed by atoms with Gasteiger partial charge in [0.15, 0.2) is 0 Å². The van der Waals surface area contributed by atoms with E-state index >= 15 is 0 Å². The number of ether oxygens (including phenoxy) is 1. The first-order valence-electron chi connectivity index (χ1n) is 8.84. The summed E-state index contributed by atoms with van der Waals surface area (Å²) in [5.74, 6) is 1.15. The number of nitrogens with zero attached hydrogens (tertiary/aromatic N) is 2. The smallest absolute Gasteiger partial charge is 0.442 e. The van der Waals surface area contributed by atoms with Gasteiger partial charge in [-0.1, -0.05) is 30.3 Å². The molecule has 1 atom stereocenters. The molecule has 0 amide bonds. The molecule has 27 heavy (non-hydrogen) atoms. The van der Waals surface area contributed by atoms with Crippen molar-refractivity contribution in [1.29, 1.82) is 0 Å². The third kappa shape index (κ3) is 2.81. The van der Waals surface area contributed by atoms with E-state index in [1.54, 1.807) is 0 Å². The fourth-order valence-corrected chi connectivity index (χ4v) is 3.60. The lowest BCUT2D eigenvalue weighted by molar-refractivity contribution is 0.226. The zero-order chi connectivity index (χ0) is 18.4.